The summed E-state index contributed by atoms with van der Waals surface area (Å²) in [5, 5.41) is 0.884. The summed E-state index contributed by atoms with van der Waals surface area (Å²) in [6, 6.07) is 8.10. The maximum absolute atomic E-state index is 6.11. The number of hydrogen-bond acceptors (Lipinski definition) is 2. The quantitative estimate of drug-likeness (QED) is 0.310. The first-order chi connectivity index (χ1) is 8.84. The second kappa shape index (κ2) is 11.1. The molecule has 0 atom stereocenters. The SMILES string of the molecule is SCCCCCCCCCSc1ccccc1Cl. The highest BCUT2D eigenvalue weighted by Crippen LogP contribution is 2.27. The zero-order valence-corrected chi connectivity index (χ0v) is 13.4. The van der Waals surface area contributed by atoms with Crippen molar-refractivity contribution in [3.63, 3.8) is 0 Å². The van der Waals surface area contributed by atoms with Crippen LogP contribution in [0.3, 0.4) is 0 Å². The summed E-state index contributed by atoms with van der Waals surface area (Å²) in [4.78, 5) is 1.22. The Morgan fingerprint density at radius 1 is 0.889 bits per heavy atom. The van der Waals surface area contributed by atoms with Crippen molar-refractivity contribution in [2.45, 2.75) is 49.8 Å². The van der Waals surface area contributed by atoms with Crippen molar-refractivity contribution in [2.24, 2.45) is 0 Å². The van der Waals surface area contributed by atoms with Gasteiger partial charge in [0.05, 0.1) is 5.02 Å². The molecule has 0 bridgehead atoms. The van der Waals surface area contributed by atoms with Gasteiger partial charge in [-0.1, -0.05) is 55.8 Å². The van der Waals surface area contributed by atoms with E-state index in [4.69, 9.17) is 11.6 Å². The second-order valence-corrected chi connectivity index (χ2v) is 6.47. The predicted molar refractivity (Wildman–Crippen MR) is 88.3 cm³/mol. The van der Waals surface area contributed by atoms with Crippen LogP contribution < -0.4 is 0 Å². The molecule has 0 spiro atoms. The van der Waals surface area contributed by atoms with Gasteiger partial charge in [0.1, 0.15) is 0 Å². The monoisotopic (exact) mass is 302 g/mol. The van der Waals surface area contributed by atoms with Crippen molar-refractivity contribution >= 4 is 36.0 Å². The molecule has 0 saturated carbocycles. The van der Waals surface area contributed by atoms with Crippen LogP contribution in [0.1, 0.15) is 44.9 Å². The fraction of sp³-hybridized carbons (Fsp3) is 0.600. The Labute approximate surface area is 126 Å². The molecule has 1 rings (SSSR count). The first-order valence-corrected chi connectivity index (χ1v) is 8.82. The molecule has 0 radical (unpaired) electrons. The van der Waals surface area contributed by atoms with E-state index < -0.39 is 0 Å². The van der Waals surface area contributed by atoms with Gasteiger partial charge in [0, 0.05) is 4.90 Å². The van der Waals surface area contributed by atoms with Crippen LogP contribution in [0.5, 0.6) is 0 Å². The van der Waals surface area contributed by atoms with Crippen molar-refractivity contribution in [1.82, 2.24) is 0 Å². The van der Waals surface area contributed by atoms with Crippen molar-refractivity contribution in [2.75, 3.05) is 11.5 Å². The lowest BCUT2D eigenvalue weighted by Crippen LogP contribution is -1.84. The maximum atomic E-state index is 6.11. The Morgan fingerprint density at radius 2 is 1.50 bits per heavy atom. The highest BCUT2D eigenvalue weighted by Gasteiger charge is 1.99. The number of unbranched alkanes of at least 4 members (excludes halogenated alkanes) is 6. The lowest BCUT2D eigenvalue weighted by Gasteiger charge is -2.04. The van der Waals surface area contributed by atoms with E-state index in [2.05, 4.69) is 24.8 Å². The van der Waals surface area contributed by atoms with Crippen LogP contribution in [0, 0.1) is 0 Å². The second-order valence-electron chi connectivity index (χ2n) is 4.48. The normalized spacial score (nSPS) is 10.8. The fourth-order valence-corrected chi connectivity index (χ4v) is 3.31. The van der Waals surface area contributed by atoms with E-state index in [9.17, 15) is 0 Å². The molecule has 18 heavy (non-hydrogen) atoms. The molecule has 0 N–H and O–H groups in total. The summed E-state index contributed by atoms with van der Waals surface area (Å²) < 4.78 is 0. The lowest BCUT2D eigenvalue weighted by molar-refractivity contribution is 0.605. The van der Waals surface area contributed by atoms with Gasteiger partial charge in [-0.25, -0.2) is 0 Å². The molecule has 0 aromatic heterocycles. The molecule has 0 aliphatic rings. The third kappa shape index (κ3) is 7.60. The number of rotatable bonds is 10. The molecule has 0 fully saturated rings. The van der Waals surface area contributed by atoms with E-state index in [1.165, 1.54) is 55.6 Å². The number of thioether (sulfide) groups is 1. The molecule has 102 valence electrons. The zero-order chi connectivity index (χ0) is 13.1. The van der Waals surface area contributed by atoms with Crippen LogP contribution in [-0.2, 0) is 0 Å². The van der Waals surface area contributed by atoms with Crippen LogP contribution in [-0.4, -0.2) is 11.5 Å². The van der Waals surface area contributed by atoms with Crippen LogP contribution in [0.25, 0.3) is 0 Å². The van der Waals surface area contributed by atoms with Gasteiger partial charge in [0.2, 0.25) is 0 Å². The molecule has 0 unspecified atom stereocenters. The van der Waals surface area contributed by atoms with Gasteiger partial charge in [0.25, 0.3) is 0 Å². The van der Waals surface area contributed by atoms with E-state index in [0.29, 0.717) is 0 Å². The molecule has 0 aliphatic heterocycles. The molecule has 1 aromatic carbocycles. The molecule has 0 nitrogen and oxygen atoms in total. The molecular formula is C15H23ClS2. The smallest absolute Gasteiger partial charge is 0.0541 e. The van der Waals surface area contributed by atoms with Gasteiger partial charge >= 0.3 is 0 Å². The van der Waals surface area contributed by atoms with Crippen LogP contribution >= 0.6 is 36.0 Å². The van der Waals surface area contributed by atoms with Crippen molar-refractivity contribution in [1.29, 1.82) is 0 Å². The molecule has 0 heterocycles. The molecule has 3 heteroatoms. The lowest BCUT2D eigenvalue weighted by atomic mass is 10.1. The summed E-state index contributed by atoms with van der Waals surface area (Å²) in [5.41, 5.74) is 0. The van der Waals surface area contributed by atoms with Crippen LogP contribution in [0.4, 0.5) is 0 Å². The average Bonchev–Trinajstić information content (AvgIpc) is 2.39. The van der Waals surface area contributed by atoms with E-state index in [1.807, 2.05) is 23.9 Å². The standard InChI is InChI=1S/C15H23ClS2/c16-14-10-6-7-11-15(14)18-13-9-5-3-1-2-4-8-12-17/h6-7,10-11,17H,1-5,8-9,12-13H2. The van der Waals surface area contributed by atoms with Crippen molar-refractivity contribution in [3.05, 3.63) is 29.3 Å². The van der Waals surface area contributed by atoms with Crippen molar-refractivity contribution < 1.29 is 0 Å². The summed E-state index contributed by atoms with van der Waals surface area (Å²) >= 11 is 12.2. The van der Waals surface area contributed by atoms with Gasteiger partial charge in [-0.05, 0) is 36.5 Å². The molecule has 0 saturated heterocycles. The van der Waals surface area contributed by atoms with Gasteiger partial charge in [0.15, 0.2) is 0 Å². The molecule has 1 aromatic rings. The Bertz CT molecular complexity index is 315. The molecular weight excluding hydrogens is 280 g/mol. The van der Waals surface area contributed by atoms with Gasteiger partial charge < -0.3 is 0 Å². The number of halogens is 1. The largest absolute Gasteiger partial charge is 0.179 e. The first-order valence-electron chi connectivity index (χ1n) is 6.83. The van der Waals surface area contributed by atoms with E-state index in [-0.39, 0.29) is 0 Å². The third-order valence-corrected chi connectivity index (χ3v) is 4.81. The summed E-state index contributed by atoms with van der Waals surface area (Å²) in [6.45, 7) is 0. The predicted octanol–water partition coefficient (Wildman–Crippen LogP) is 6.09. The third-order valence-electron chi connectivity index (χ3n) is 2.90. The van der Waals surface area contributed by atoms with Crippen LogP contribution in [0.2, 0.25) is 5.02 Å². The highest BCUT2D eigenvalue weighted by atomic mass is 35.5. The maximum Gasteiger partial charge on any atom is 0.0541 e. The van der Waals surface area contributed by atoms with E-state index >= 15 is 0 Å². The summed E-state index contributed by atoms with van der Waals surface area (Å²) in [5.74, 6) is 2.22. The van der Waals surface area contributed by atoms with Gasteiger partial charge in [-0.15, -0.1) is 11.8 Å². The number of thiol groups is 1. The minimum atomic E-state index is 0.884. The number of benzene rings is 1. The Balaban J connectivity index is 1.94. The Hall–Kier alpha value is 0.210. The molecule has 0 aliphatic carbocycles. The topological polar surface area (TPSA) is 0 Å². The van der Waals surface area contributed by atoms with E-state index in [1.54, 1.807) is 0 Å². The number of hydrogen-bond donors (Lipinski definition) is 1. The zero-order valence-electron chi connectivity index (χ0n) is 10.9. The Morgan fingerprint density at radius 3 is 2.17 bits per heavy atom. The summed E-state index contributed by atoms with van der Waals surface area (Å²) in [7, 11) is 0. The van der Waals surface area contributed by atoms with Gasteiger partial charge in [-0.3, -0.25) is 0 Å². The average molecular weight is 303 g/mol. The van der Waals surface area contributed by atoms with Crippen molar-refractivity contribution in [3.8, 4) is 0 Å². The van der Waals surface area contributed by atoms with E-state index in [0.717, 1.165) is 10.8 Å². The first kappa shape index (κ1) is 16.3. The Kier molecular flexibility index (Phi) is 10.0. The summed E-state index contributed by atoms with van der Waals surface area (Å²) in [6.07, 6.45) is 9.38. The highest BCUT2D eigenvalue weighted by molar-refractivity contribution is 7.99. The fourth-order valence-electron chi connectivity index (χ4n) is 1.84. The van der Waals surface area contributed by atoms with Crippen LogP contribution in [0.15, 0.2) is 29.2 Å². The van der Waals surface area contributed by atoms with Gasteiger partial charge in [-0.2, -0.15) is 12.6 Å². The molecule has 0 amide bonds. The minimum absolute atomic E-state index is 0.884. The minimum Gasteiger partial charge on any atom is -0.179 e.